The zero-order chi connectivity index (χ0) is 20.5. The summed E-state index contributed by atoms with van der Waals surface area (Å²) in [5.74, 6) is 0.577. The van der Waals surface area contributed by atoms with Gasteiger partial charge in [-0.2, -0.15) is 5.10 Å². The number of rotatable bonds is 4. The van der Waals surface area contributed by atoms with Crippen molar-refractivity contribution in [3.8, 4) is 5.75 Å². The fourth-order valence-corrected chi connectivity index (χ4v) is 3.96. The van der Waals surface area contributed by atoms with E-state index in [9.17, 15) is 4.79 Å². The number of fused-ring (bicyclic) bond motifs is 1. The summed E-state index contributed by atoms with van der Waals surface area (Å²) in [6.07, 6.45) is 2.64. The van der Waals surface area contributed by atoms with Crippen LogP contribution in [-0.4, -0.2) is 31.8 Å². The van der Waals surface area contributed by atoms with Gasteiger partial charge in [0.15, 0.2) is 0 Å². The topological polar surface area (TPSA) is 53.9 Å². The van der Waals surface area contributed by atoms with E-state index in [0.717, 1.165) is 17.7 Å². The highest BCUT2D eigenvalue weighted by Crippen LogP contribution is 2.44. The lowest BCUT2D eigenvalue weighted by atomic mass is 9.80. The second-order valence-corrected chi connectivity index (χ2v) is 8.22. The summed E-state index contributed by atoms with van der Waals surface area (Å²) in [6.45, 7) is 6.71. The molecule has 0 saturated heterocycles. The number of methoxy groups -OCH3 is 1. The normalized spacial score (nSPS) is 18.1. The first kappa shape index (κ1) is 20.2. The van der Waals surface area contributed by atoms with E-state index in [4.69, 9.17) is 16.3 Å². The monoisotopic (exact) mass is 399 g/mol. The minimum atomic E-state index is -0.336. The van der Waals surface area contributed by atoms with Crippen LogP contribution in [0.5, 0.6) is 5.75 Å². The Morgan fingerprint density at radius 2 is 2.07 bits per heavy atom. The third-order valence-electron chi connectivity index (χ3n) is 5.47. The number of amides is 1. The van der Waals surface area contributed by atoms with E-state index in [0.29, 0.717) is 22.3 Å². The van der Waals surface area contributed by atoms with Gasteiger partial charge in [-0.05, 0) is 56.0 Å². The number of anilines is 1. The molecule has 1 amide bonds. The van der Waals surface area contributed by atoms with E-state index in [1.54, 1.807) is 24.4 Å². The average molecular weight is 400 g/mol. The Balaban J connectivity index is 1.82. The first-order chi connectivity index (χ1) is 13.2. The van der Waals surface area contributed by atoms with Gasteiger partial charge in [0, 0.05) is 23.8 Å². The molecule has 1 aliphatic rings. The summed E-state index contributed by atoms with van der Waals surface area (Å²) >= 11 is 6.50. The fraction of sp³-hybridized carbons (Fsp3) is 0.364. The van der Waals surface area contributed by atoms with Gasteiger partial charge in [-0.15, -0.1) is 0 Å². The number of para-hydroxylation sites is 1. The Labute approximate surface area is 171 Å². The predicted octanol–water partition coefficient (Wildman–Crippen LogP) is 4.83. The highest BCUT2D eigenvalue weighted by molar-refractivity contribution is 6.33. The number of hydrazone groups is 1. The van der Waals surface area contributed by atoms with E-state index >= 15 is 0 Å². The van der Waals surface area contributed by atoms with Crippen LogP contribution in [-0.2, 0) is 0 Å². The molecule has 0 bridgehead atoms. The molecule has 0 saturated carbocycles. The molecular formula is C22H26ClN3O2. The number of nitrogens with zero attached hydrogens (tertiary/aromatic N) is 2. The van der Waals surface area contributed by atoms with Gasteiger partial charge in [0.25, 0.3) is 5.91 Å². The molecule has 0 spiro atoms. The number of carbonyl (C=O) groups is 1. The van der Waals surface area contributed by atoms with Gasteiger partial charge in [0.2, 0.25) is 0 Å². The highest BCUT2D eigenvalue weighted by Gasteiger charge is 2.34. The maximum Gasteiger partial charge on any atom is 0.275 e. The molecule has 1 N–H and O–H groups in total. The summed E-state index contributed by atoms with van der Waals surface area (Å²) < 4.78 is 5.21. The van der Waals surface area contributed by atoms with E-state index in [-0.39, 0.29) is 11.4 Å². The molecule has 0 unspecified atom stereocenters. The van der Waals surface area contributed by atoms with E-state index in [1.165, 1.54) is 12.7 Å². The van der Waals surface area contributed by atoms with Crippen LogP contribution >= 0.6 is 11.6 Å². The van der Waals surface area contributed by atoms with Crippen LogP contribution in [0, 0.1) is 0 Å². The minimum Gasteiger partial charge on any atom is -0.496 e. The summed E-state index contributed by atoms with van der Waals surface area (Å²) in [5.41, 5.74) is 6.21. The number of hydrogen-bond acceptors (Lipinski definition) is 4. The van der Waals surface area contributed by atoms with Crippen molar-refractivity contribution in [2.24, 2.45) is 5.10 Å². The zero-order valence-electron chi connectivity index (χ0n) is 16.9. The van der Waals surface area contributed by atoms with Gasteiger partial charge >= 0.3 is 0 Å². The van der Waals surface area contributed by atoms with Crippen LogP contribution < -0.4 is 15.1 Å². The number of ether oxygens (including phenoxy) is 1. The Morgan fingerprint density at radius 3 is 2.79 bits per heavy atom. The predicted molar refractivity (Wildman–Crippen MR) is 115 cm³/mol. The largest absolute Gasteiger partial charge is 0.496 e. The summed E-state index contributed by atoms with van der Waals surface area (Å²) in [4.78, 5) is 14.6. The maximum atomic E-state index is 12.4. The van der Waals surface area contributed by atoms with Crippen LogP contribution in [0.15, 0.2) is 41.5 Å². The number of hydrogen-bond donors (Lipinski definition) is 1. The third-order valence-corrected chi connectivity index (χ3v) is 5.80. The van der Waals surface area contributed by atoms with Crippen molar-refractivity contribution in [3.05, 3.63) is 58.1 Å². The molecule has 3 rings (SSSR count). The fourth-order valence-electron chi connectivity index (χ4n) is 3.76. The molecule has 0 aliphatic carbocycles. The number of benzene rings is 2. The molecule has 0 radical (unpaired) electrons. The van der Waals surface area contributed by atoms with Crippen molar-refractivity contribution in [1.82, 2.24) is 5.43 Å². The molecule has 1 atom stereocenters. The SMILES string of the molecule is COc1ccccc1C(=O)N/N=C\c1cc2c(cc1Cl)N(C)C(C)(C)C[C@H]2C. The summed E-state index contributed by atoms with van der Waals surface area (Å²) in [5, 5.41) is 4.70. The lowest BCUT2D eigenvalue weighted by Crippen LogP contribution is -2.45. The number of carbonyl (C=O) groups excluding carboxylic acids is 1. The molecule has 148 valence electrons. The lowest BCUT2D eigenvalue weighted by Gasteiger charge is -2.45. The first-order valence-corrected chi connectivity index (χ1v) is 9.66. The van der Waals surface area contributed by atoms with Crippen LogP contribution in [0.2, 0.25) is 5.02 Å². The van der Waals surface area contributed by atoms with E-state index in [2.05, 4.69) is 49.3 Å². The van der Waals surface area contributed by atoms with Crippen molar-refractivity contribution in [2.75, 3.05) is 19.1 Å². The molecule has 0 aromatic heterocycles. The Kier molecular flexibility index (Phi) is 5.66. The number of nitrogens with one attached hydrogen (secondary N) is 1. The minimum absolute atomic E-state index is 0.0774. The number of halogens is 1. The molecule has 28 heavy (non-hydrogen) atoms. The summed E-state index contributed by atoms with van der Waals surface area (Å²) in [7, 11) is 3.63. The van der Waals surface area contributed by atoms with Crippen LogP contribution in [0.4, 0.5) is 5.69 Å². The Hall–Kier alpha value is -2.53. The van der Waals surface area contributed by atoms with Crippen LogP contribution in [0.3, 0.4) is 0 Å². The van der Waals surface area contributed by atoms with Gasteiger partial charge in [-0.3, -0.25) is 4.79 Å². The van der Waals surface area contributed by atoms with Gasteiger partial charge in [-0.25, -0.2) is 5.43 Å². The smallest absolute Gasteiger partial charge is 0.275 e. The van der Waals surface area contributed by atoms with Gasteiger partial charge in [0.1, 0.15) is 5.75 Å². The molecule has 1 aliphatic heterocycles. The van der Waals surface area contributed by atoms with Gasteiger partial charge in [-0.1, -0.05) is 30.7 Å². The quantitative estimate of drug-likeness (QED) is 0.591. The second-order valence-electron chi connectivity index (χ2n) is 7.81. The highest BCUT2D eigenvalue weighted by atomic mass is 35.5. The second kappa shape index (κ2) is 7.84. The lowest BCUT2D eigenvalue weighted by molar-refractivity contribution is 0.0952. The molecule has 5 nitrogen and oxygen atoms in total. The van der Waals surface area contributed by atoms with Crippen molar-refractivity contribution < 1.29 is 9.53 Å². The molecule has 1 heterocycles. The standard InChI is InChI=1S/C22H26ClN3O2/c1-14-12-22(2,3)26(4)19-11-18(23)15(10-17(14)19)13-24-25-21(27)16-8-6-7-9-20(16)28-5/h6-11,13-14H,12H2,1-5H3,(H,25,27)/b24-13-/t14-/m1/s1. The third kappa shape index (κ3) is 3.85. The van der Waals surface area contributed by atoms with Crippen molar-refractivity contribution in [2.45, 2.75) is 38.6 Å². The van der Waals surface area contributed by atoms with Crippen molar-refractivity contribution in [1.29, 1.82) is 0 Å². The molecule has 2 aromatic carbocycles. The molecular weight excluding hydrogens is 374 g/mol. The van der Waals surface area contributed by atoms with Gasteiger partial charge in [0.05, 0.1) is 23.9 Å². The molecule has 6 heteroatoms. The Morgan fingerprint density at radius 1 is 1.36 bits per heavy atom. The van der Waals surface area contributed by atoms with Crippen LogP contribution in [0.1, 0.15) is 54.6 Å². The molecule has 0 fully saturated rings. The van der Waals surface area contributed by atoms with Crippen LogP contribution in [0.25, 0.3) is 0 Å². The van der Waals surface area contributed by atoms with E-state index < -0.39 is 0 Å². The van der Waals surface area contributed by atoms with Crippen molar-refractivity contribution >= 4 is 29.4 Å². The van der Waals surface area contributed by atoms with Crippen molar-refractivity contribution in [3.63, 3.8) is 0 Å². The zero-order valence-corrected chi connectivity index (χ0v) is 17.7. The Bertz CT molecular complexity index is 924. The summed E-state index contributed by atoms with van der Waals surface area (Å²) in [6, 6.07) is 11.1. The first-order valence-electron chi connectivity index (χ1n) is 9.28. The maximum absolute atomic E-state index is 12.4. The van der Waals surface area contributed by atoms with Gasteiger partial charge < -0.3 is 9.64 Å². The molecule has 2 aromatic rings. The average Bonchev–Trinajstić information content (AvgIpc) is 2.66. The van der Waals surface area contributed by atoms with E-state index in [1.807, 2.05) is 12.1 Å².